The van der Waals surface area contributed by atoms with E-state index in [0.717, 1.165) is 16.5 Å². The van der Waals surface area contributed by atoms with Gasteiger partial charge in [-0.3, -0.25) is 14.5 Å². The smallest absolute Gasteiger partial charge is 0.334 e. The molecule has 2 aliphatic rings. The Morgan fingerprint density at radius 3 is 2.70 bits per heavy atom. The van der Waals surface area contributed by atoms with Crippen molar-refractivity contribution in [3.63, 3.8) is 0 Å². The first-order valence-corrected chi connectivity index (χ1v) is 9.27. The normalized spacial score (nSPS) is 24.5. The molecule has 0 saturated carbocycles. The van der Waals surface area contributed by atoms with E-state index in [2.05, 4.69) is 4.98 Å². The number of aromatic amines is 1. The van der Waals surface area contributed by atoms with Gasteiger partial charge in [-0.1, -0.05) is 18.2 Å². The van der Waals surface area contributed by atoms with E-state index in [1.807, 2.05) is 24.3 Å². The van der Waals surface area contributed by atoms with E-state index in [9.17, 15) is 14.4 Å². The van der Waals surface area contributed by atoms with E-state index < -0.39 is 23.4 Å². The highest BCUT2D eigenvalue weighted by molar-refractivity contribution is 6.10. The van der Waals surface area contributed by atoms with Crippen LogP contribution in [0.3, 0.4) is 0 Å². The number of hydrogen-bond acceptors (Lipinski definition) is 6. The molecular weight excluding hydrogens is 348 g/mol. The maximum Gasteiger partial charge on any atom is 0.334 e. The number of fused-ring (bicyclic) bond motifs is 5. The molecule has 142 valence electrons. The Kier molecular flexibility index (Phi) is 4.26. The zero-order chi connectivity index (χ0) is 19.2. The summed E-state index contributed by atoms with van der Waals surface area (Å²) in [5.74, 6) is -2.80. The Balaban J connectivity index is 1.99. The highest BCUT2D eigenvalue weighted by Crippen LogP contribution is 2.48. The number of ether oxygens (including phenoxy) is 2. The van der Waals surface area contributed by atoms with Gasteiger partial charge in [0.1, 0.15) is 0 Å². The fourth-order valence-electron chi connectivity index (χ4n) is 4.53. The van der Waals surface area contributed by atoms with Gasteiger partial charge in [0.05, 0.1) is 25.5 Å². The zero-order valence-electron chi connectivity index (χ0n) is 15.4. The third kappa shape index (κ3) is 2.34. The van der Waals surface area contributed by atoms with E-state index >= 15 is 0 Å². The van der Waals surface area contributed by atoms with Gasteiger partial charge in [-0.15, -0.1) is 0 Å². The van der Waals surface area contributed by atoms with Gasteiger partial charge in [0.15, 0.2) is 17.2 Å². The Hall–Kier alpha value is -2.67. The fourth-order valence-corrected chi connectivity index (χ4v) is 4.53. The molecule has 0 spiro atoms. The number of nitrogens with zero attached hydrogens (tertiary/aromatic N) is 1. The van der Waals surface area contributed by atoms with Crippen LogP contribution in [0.2, 0.25) is 0 Å². The summed E-state index contributed by atoms with van der Waals surface area (Å²) in [7, 11) is 0. The number of nitrogens with one attached hydrogen (secondary N) is 1. The Labute approximate surface area is 156 Å². The molecule has 27 heavy (non-hydrogen) atoms. The van der Waals surface area contributed by atoms with Crippen molar-refractivity contribution in [1.82, 2.24) is 9.88 Å². The molecular formula is C20H22N2O5. The van der Waals surface area contributed by atoms with Crippen molar-refractivity contribution in [2.24, 2.45) is 5.92 Å². The largest absolute Gasteiger partial charge is 0.465 e. The van der Waals surface area contributed by atoms with Crippen molar-refractivity contribution < 1.29 is 23.9 Å². The van der Waals surface area contributed by atoms with E-state index in [0.29, 0.717) is 18.7 Å². The van der Waals surface area contributed by atoms with Gasteiger partial charge in [0, 0.05) is 17.4 Å². The third-order valence-corrected chi connectivity index (χ3v) is 5.52. The molecule has 0 amide bonds. The number of Topliss-reactive ketones (excluding diaryl/α,β-unsaturated/α-hetero) is 1. The molecule has 7 heteroatoms. The summed E-state index contributed by atoms with van der Waals surface area (Å²) in [5.41, 5.74) is 0.914. The minimum atomic E-state index is -1.49. The molecule has 1 saturated heterocycles. The standard InChI is InChI=1S/C20H22N2O5/c1-3-26-18(24)16-15(23)11-22-10-9-13-12-7-5-6-8-14(12)21-17(13)20(16,22)19(25)27-4-2/h5-8,16,21H,3-4,9-11H2,1-2H3/t16-,20-/m0/s1. The average molecular weight is 370 g/mol. The number of ketones is 1. The van der Waals surface area contributed by atoms with Crippen LogP contribution in [0.25, 0.3) is 10.9 Å². The monoisotopic (exact) mass is 370 g/mol. The lowest BCUT2D eigenvalue weighted by Gasteiger charge is -2.41. The lowest BCUT2D eigenvalue weighted by atomic mass is 9.77. The molecule has 4 rings (SSSR count). The van der Waals surface area contributed by atoms with Gasteiger partial charge >= 0.3 is 11.9 Å². The molecule has 3 heterocycles. The number of carbonyl (C=O) groups excluding carboxylic acids is 3. The minimum Gasteiger partial charge on any atom is -0.465 e. The van der Waals surface area contributed by atoms with Crippen molar-refractivity contribution in [2.75, 3.05) is 26.3 Å². The fraction of sp³-hybridized carbons (Fsp3) is 0.450. The number of rotatable bonds is 4. The Morgan fingerprint density at radius 1 is 1.22 bits per heavy atom. The summed E-state index contributed by atoms with van der Waals surface area (Å²) in [4.78, 5) is 43.9. The predicted octanol–water partition coefficient (Wildman–Crippen LogP) is 1.55. The number of H-pyrrole nitrogens is 1. The molecule has 2 aromatic rings. The number of benzene rings is 1. The topological polar surface area (TPSA) is 88.7 Å². The van der Waals surface area contributed by atoms with Crippen molar-refractivity contribution in [2.45, 2.75) is 25.8 Å². The van der Waals surface area contributed by atoms with Crippen LogP contribution in [-0.2, 0) is 35.8 Å². The van der Waals surface area contributed by atoms with Crippen molar-refractivity contribution >= 4 is 28.6 Å². The van der Waals surface area contributed by atoms with E-state index in [4.69, 9.17) is 9.47 Å². The number of carbonyl (C=O) groups is 3. The van der Waals surface area contributed by atoms with Gasteiger partial charge < -0.3 is 14.5 Å². The number of esters is 2. The van der Waals surface area contributed by atoms with Crippen molar-refractivity contribution in [1.29, 1.82) is 0 Å². The van der Waals surface area contributed by atoms with Crippen LogP contribution >= 0.6 is 0 Å². The molecule has 0 aliphatic carbocycles. The summed E-state index contributed by atoms with van der Waals surface area (Å²) in [6, 6.07) is 7.74. The van der Waals surface area contributed by atoms with Gasteiger partial charge in [-0.25, -0.2) is 4.79 Å². The van der Waals surface area contributed by atoms with Crippen LogP contribution in [0.5, 0.6) is 0 Å². The second kappa shape index (κ2) is 6.49. The van der Waals surface area contributed by atoms with Crippen molar-refractivity contribution in [3.05, 3.63) is 35.5 Å². The molecule has 1 fully saturated rings. The summed E-state index contributed by atoms with van der Waals surface area (Å²) in [6.07, 6.45) is 0.684. The van der Waals surface area contributed by atoms with Crippen LogP contribution in [0, 0.1) is 5.92 Å². The summed E-state index contributed by atoms with van der Waals surface area (Å²) >= 11 is 0. The first-order valence-electron chi connectivity index (χ1n) is 9.27. The maximum atomic E-state index is 13.3. The lowest BCUT2D eigenvalue weighted by Crippen LogP contribution is -2.58. The molecule has 1 N–H and O–H groups in total. The van der Waals surface area contributed by atoms with E-state index in [1.54, 1.807) is 18.7 Å². The van der Waals surface area contributed by atoms with Gasteiger partial charge in [0.25, 0.3) is 0 Å². The Morgan fingerprint density at radius 2 is 1.96 bits per heavy atom. The van der Waals surface area contributed by atoms with Gasteiger partial charge in [-0.05, 0) is 31.9 Å². The summed E-state index contributed by atoms with van der Waals surface area (Å²) < 4.78 is 10.6. The molecule has 0 unspecified atom stereocenters. The third-order valence-electron chi connectivity index (χ3n) is 5.52. The number of para-hydroxylation sites is 1. The first kappa shape index (κ1) is 17.7. The molecule has 2 atom stereocenters. The SMILES string of the molecule is CCOC(=O)[C@@H]1C(=O)CN2CCc3c([nH]c4ccccc34)[C@]12C(=O)OCC. The highest BCUT2D eigenvalue weighted by atomic mass is 16.5. The quantitative estimate of drug-likeness (QED) is 0.649. The minimum absolute atomic E-state index is 0.0249. The lowest BCUT2D eigenvalue weighted by molar-refractivity contribution is -0.170. The molecule has 1 aromatic heterocycles. The molecule has 0 radical (unpaired) electrons. The number of hydrogen-bond donors (Lipinski definition) is 1. The van der Waals surface area contributed by atoms with Crippen molar-refractivity contribution in [3.8, 4) is 0 Å². The molecule has 1 aromatic carbocycles. The second-order valence-electron chi connectivity index (χ2n) is 6.83. The predicted molar refractivity (Wildman–Crippen MR) is 97.0 cm³/mol. The van der Waals surface area contributed by atoms with E-state index in [1.165, 1.54) is 0 Å². The summed E-state index contributed by atoms with van der Waals surface area (Å²) in [5, 5.41) is 0.998. The van der Waals surface area contributed by atoms with Crippen LogP contribution in [0.1, 0.15) is 25.1 Å². The van der Waals surface area contributed by atoms with Crippen LogP contribution in [-0.4, -0.2) is 53.9 Å². The molecule has 7 nitrogen and oxygen atoms in total. The van der Waals surface area contributed by atoms with E-state index in [-0.39, 0.29) is 25.5 Å². The van der Waals surface area contributed by atoms with Gasteiger partial charge in [0.2, 0.25) is 0 Å². The second-order valence-corrected chi connectivity index (χ2v) is 6.83. The molecule has 0 bridgehead atoms. The number of aromatic nitrogens is 1. The first-order chi connectivity index (χ1) is 13.1. The van der Waals surface area contributed by atoms with Crippen LogP contribution in [0.4, 0.5) is 0 Å². The Bertz CT molecular complexity index is 934. The van der Waals surface area contributed by atoms with Crippen LogP contribution in [0.15, 0.2) is 24.3 Å². The van der Waals surface area contributed by atoms with Gasteiger partial charge in [-0.2, -0.15) is 0 Å². The molecule has 2 aliphatic heterocycles. The zero-order valence-corrected chi connectivity index (χ0v) is 15.4. The average Bonchev–Trinajstić information content (AvgIpc) is 3.17. The summed E-state index contributed by atoms with van der Waals surface area (Å²) in [6.45, 7) is 4.21. The highest BCUT2D eigenvalue weighted by Gasteiger charge is 2.66. The van der Waals surface area contributed by atoms with Crippen LogP contribution < -0.4 is 0 Å². The maximum absolute atomic E-state index is 13.3.